The van der Waals surface area contributed by atoms with E-state index in [0.717, 1.165) is 12.8 Å². The molecule has 0 fully saturated rings. The smallest absolute Gasteiger partial charge is 0.181 e. The molecule has 0 aromatic carbocycles. The number of unbranched alkanes of at least 4 members (excludes halogenated alkanes) is 1. The van der Waals surface area contributed by atoms with Crippen LogP contribution >= 0.6 is 11.6 Å². The Morgan fingerprint density at radius 2 is 2.18 bits per heavy atom. The lowest BCUT2D eigenvalue weighted by molar-refractivity contribution is 0.0952. The Hall–Kier alpha value is -0.890. The first kappa shape index (κ1) is 14.2. The van der Waals surface area contributed by atoms with Crippen LogP contribution in [0.1, 0.15) is 56.4 Å². The number of nitrogens with zero attached hydrogens (tertiary/aromatic N) is 1. The number of rotatable bonds is 7. The lowest BCUT2D eigenvalue weighted by Gasteiger charge is -2.12. The molecule has 1 aromatic rings. The lowest BCUT2D eigenvalue weighted by atomic mass is 9.93. The molecule has 0 aliphatic heterocycles. The molecule has 1 heterocycles. The molecule has 0 N–H and O–H groups in total. The number of carbonyl (C=O) groups is 1. The van der Waals surface area contributed by atoms with E-state index in [9.17, 15) is 4.79 Å². The van der Waals surface area contributed by atoms with Crippen LogP contribution in [-0.4, -0.2) is 10.8 Å². The molecule has 1 unspecified atom stereocenters. The molecule has 0 saturated heterocycles. The van der Waals surface area contributed by atoms with Crippen LogP contribution in [0.3, 0.4) is 0 Å². The van der Waals surface area contributed by atoms with Crippen molar-refractivity contribution in [1.29, 1.82) is 0 Å². The van der Waals surface area contributed by atoms with Crippen LogP contribution in [0.4, 0.5) is 0 Å². The van der Waals surface area contributed by atoms with Crippen LogP contribution < -0.4 is 0 Å². The minimum Gasteiger partial charge on any atom is -0.292 e. The van der Waals surface area contributed by atoms with Gasteiger partial charge in [0.1, 0.15) is 5.69 Å². The first-order valence-corrected chi connectivity index (χ1v) is 6.69. The summed E-state index contributed by atoms with van der Waals surface area (Å²) in [6, 6.07) is 3.42. The molecule has 0 spiro atoms. The second-order valence-electron chi connectivity index (χ2n) is 4.41. The van der Waals surface area contributed by atoms with Gasteiger partial charge in [-0.25, -0.2) is 0 Å². The molecular weight excluding hydrogens is 234 g/mol. The minimum atomic E-state index is 0.129. The summed E-state index contributed by atoms with van der Waals surface area (Å²) in [6.45, 7) is 4.32. The topological polar surface area (TPSA) is 30.0 Å². The maximum absolute atomic E-state index is 12.0. The molecule has 0 aliphatic rings. The number of aromatic nitrogens is 1. The number of carbonyl (C=O) groups excluding carboxylic acids is 1. The Kier molecular flexibility index (Phi) is 6.20. The van der Waals surface area contributed by atoms with Crippen LogP contribution in [0, 0.1) is 5.92 Å². The van der Waals surface area contributed by atoms with Gasteiger partial charge in [-0.05, 0) is 18.1 Å². The van der Waals surface area contributed by atoms with E-state index in [0.29, 0.717) is 23.1 Å². The highest BCUT2D eigenvalue weighted by Gasteiger charge is 2.14. The van der Waals surface area contributed by atoms with Crippen molar-refractivity contribution in [3.8, 4) is 0 Å². The second-order valence-corrected chi connectivity index (χ2v) is 4.84. The van der Waals surface area contributed by atoms with Gasteiger partial charge in [-0.2, -0.15) is 0 Å². The summed E-state index contributed by atoms with van der Waals surface area (Å²) < 4.78 is 0. The van der Waals surface area contributed by atoms with Gasteiger partial charge >= 0.3 is 0 Å². The van der Waals surface area contributed by atoms with Crippen molar-refractivity contribution in [2.45, 2.75) is 46.0 Å². The number of pyridine rings is 1. The monoisotopic (exact) mass is 253 g/mol. The largest absolute Gasteiger partial charge is 0.292 e. The molecule has 0 saturated carbocycles. The van der Waals surface area contributed by atoms with Gasteiger partial charge in [-0.3, -0.25) is 9.78 Å². The maximum atomic E-state index is 12.0. The number of halogens is 1. The fourth-order valence-corrected chi connectivity index (χ4v) is 1.96. The SMILES string of the molecule is CCCCC(CC)CC(=O)c1ccc(Cl)cn1. The molecule has 0 amide bonds. The standard InChI is InChI=1S/C14H20ClNO/c1-3-5-6-11(4-2)9-14(17)13-8-7-12(15)10-16-13/h7-8,10-11H,3-6,9H2,1-2H3. The third kappa shape index (κ3) is 4.86. The van der Waals surface area contributed by atoms with Gasteiger partial charge in [0, 0.05) is 12.6 Å². The van der Waals surface area contributed by atoms with Gasteiger partial charge < -0.3 is 0 Å². The average Bonchev–Trinajstić information content (AvgIpc) is 2.35. The molecule has 3 heteroatoms. The van der Waals surface area contributed by atoms with Crippen molar-refractivity contribution in [2.24, 2.45) is 5.92 Å². The number of hydrogen-bond acceptors (Lipinski definition) is 2. The summed E-state index contributed by atoms with van der Waals surface area (Å²) in [7, 11) is 0. The van der Waals surface area contributed by atoms with Gasteiger partial charge in [0.05, 0.1) is 5.02 Å². The van der Waals surface area contributed by atoms with Gasteiger partial charge in [-0.1, -0.05) is 51.1 Å². The van der Waals surface area contributed by atoms with E-state index in [-0.39, 0.29) is 5.78 Å². The van der Waals surface area contributed by atoms with E-state index in [1.807, 2.05) is 0 Å². The van der Waals surface area contributed by atoms with E-state index in [2.05, 4.69) is 18.8 Å². The average molecular weight is 254 g/mol. The highest BCUT2D eigenvalue weighted by Crippen LogP contribution is 2.19. The van der Waals surface area contributed by atoms with Crippen LogP contribution in [0.2, 0.25) is 5.02 Å². The molecule has 1 rings (SSSR count). The van der Waals surface area contributed by atoms with Gasteiger partial charge in [0.15, 0.2) is 5.78 Å². The molecule has 0 bridgehead atoms. The molecule has 0 radical (unpaired) electrons. The van der Waals surface area contributed by atoms with E-state index >= 15 is 0 Å². The van der Waals surface area contributed by atoms with E-state index in [1.165, 1.54) is 19.0 Å². The van der Waals surface area contributed by atoms with Gasteiger partial charge in [0.2, 0.25) is 0 Å². The maximum Gasteiger partial charge on any atom is 0.181 e. The zero-order valence-electron chi connectivity index (χ0n) is 10.6. The van der Waals surface area contributed by atoms with E-state index in [1.54, 1.807) is 12.1 Å². The lowest BCUT2D eigenvalue weighted by Crippen LogP contribution is -2.09. The Bertz CT molecular complexity index is 348. The van der Waals surface area contributed by atoms with E-state index in [4.69, 9.17) is 11.6 Å². The summed E-state index contributed by atoms with van der Waals surface area (Å²) >= 11 is 5.74. The Morgan fingerprint density at radius 1 is 1.41 bits per heavy atom. The zero-order chi connectivity index (χ0) is 12.7. The number of Topliss-reactive ketones (excluding diaryl/α,β-unsaturated/α-hetero) is 1. The summed E-state index contributed by atoms with van der Waals surface area (Å²) in [5.41, 5.74) is 0.532. The predicted molar refractivity (Wildman–Crippen MR) is 71.5 cm³/mol. The third-order valence-electron chi connectivity index (χ3n) is 3.03. The fourth-order valence-electron chi connectivity index (χ4n) is 1.85. The number of ketones is 1. The second kappa shape index (κ2) is 7.44. The van der Waals surface area contributed by atoms with Crippen LogP contribution in [0.5, 0.6) is 0 Å². The molecule has 17 heavy (non-hydrogen) atoms. The predicted octanol–water partition coefficient (Wildman–Crippen LogP) is 4.52. The Balaban J connectivity index is 2.54. The molecule has 0 aliphatic carbocycles. The van der Waals surface area contributed by atoms with Gasteiger partial charge in [0.25, 0.3) is 0 Å². The highest BCUT2D eigenvalue weighted by atomic mass is 35.5. The molecule has 1 atom stereocenters. The minimum absolute atomic E-state index is 0.129. The van der Waals surface area contributed by atoms with Crippen LogP contribution in [0.25, 0.3) is 0 Å². The molecule has 2 nitrogen and oxygen atoms in total. The van der Waals surface area contributed by atoms with Crippen molar-refractivity contribution in [3.05, 3.63) is 29.0 Å². The molecule has 94 valence electrons. The van der Waals surface area contributed by atoms with Crippen molar-refractivity contribution in [1.82, 2.24) is 4.98 Å². The van der Waals surface area contributed by atoms with Gasteiger partial charge in [-0.15, -0.1) is 0 Å². The zero-order valence-corrected chi connectivity index (χ0v) is 11.3. The fraction of sp³-hybridized carbons (Fsp3) is 0.571. The van der Waals surface area contributed by atoms with Crippen molar-refractivity contribution < 1.29 is 4.79 Å². The molecule has 1 aromatic heterocycles. The molecular formula is C14H20ClNO. The summed E-state index contributed by atoms with van der Waals surface area (Å²) in [6.07, 6.45) is 6.70. The van der Waals surface area contributed by atoms with Crippen LogP contribution in [-0.2, 0) is 0 Å². The third-order valence-corrected chi connectivity index (χ3v) is 3.25. The van der Waals surface area contributed by atoms with Crippen molar-refractivity contribution >= 4 is 17.4 Å². The van der Waals surface area contributed by atoms with Crippen molar-refractivity contribution in [3.63, 3.8) is 0 Å². The summed E-state index contributed by atoms with van der Waals surface area (Å²) in [4.78, 5) is 16.0. The van der Waals surface area contributed by atoms with E-state index < -0.39 is 0 Å². The van der Waals surface area contributed by atoms with Crippen molar-refractivity contribution in [2.75, 3.05) is 0 Å². The number of hydrogen-bond donors (Lipinski definition) is 0. The Labute approximate surface area is 108 Å². The quantitative estimate of drug-likeness (QED) is 0.669. The normalized spacial score (nSPS) is 12.4. The highest BCUT2D eigenvalue weighted by molar-refractivity contribution is 6.30. The first-order chi connectivity index (χ1) is 8.17. The van der Waals surface area contributed by atoms with Crippen LogP contribution in [0.15, 0.2) is 18.3 Å². The Morgan fingerprint density at radius 3 is 2.71 bits per heavy atom. The summed E-state index contributed by atoms with van der Waals surface area (Å²) in [5.74, 6) is 0.615. The first-order valence-electron chi connectivity index (χ1n) is 6.32. The summed E-state index contributed by atoms with van der Waals surface area (Å²) in [5, 5.41) is 0.569.